The first kappa shape index (κ1) is 13.6. The van der Waals surface area contributed by atoms with E-state index in [-0.39, 0.29) is 0 Å². The molecular formula is C14H26N4. The molecule has 1 aliphatic rings. The number of aromatic nitrogens is 2. The summed E-state index contributed by atoms with van der Waals surface area (Å²) < 4.78 is 2.10. The van der Waals surface area contributed by atoms with Crippen molar-refractivity contribution in [3.8, 4) is 0 Å². The highest BCUT2D eigenvalue weighted by atomic mass is 15.1. The molecule has 102 valence electrons. The summed E-state index contributed by atoms with van der Waals surface area (Å²) in [5, 5.41) is 3.60. The van der Waals surface area contributed by atoms with Gasteiger partial charge in [-0.3, -0.25) is 0 Å². The number of rotatable bonds is 5. The molecule has 4 nitrogen and oxygen atoms in total. The van der Waals surface area contributed by atoms with Gasteiger partial charge in [-0.2, -0.15) is 0 Å². The van der Waals surface area contributed by atoms with Crippen LogP contribution in [0.5, 0.6) is 0 Å². The molecule has 1 fully saturated rings. The fraction of sp³-hybridized carbons (Fsp3) is 0.786. The topological polar surface area (TPSA) is 33.1 Å². The molecule has 1 aliphatic heterocycles. The van der Waals surface area contributed by atoms with Gasteiger partial charge in [-0.1, -0.05) is 6.92 Å². The van der Waals surface area contributed by atoms with E-state index in [2.05, 4.69) is 40.8 Å². The summed E-state index contributed by atoms with van der Waals surface area (Å²) in [7, 11) is 4.27. The van der Waals surface area contributed by atoms with Crippen molar-refractivity contribution in [3.63, 3.8) is 0 Å². The van der Waals surface area contributed by atoms with Crippen LogP contribution in [0.25, 0.3) is 0 Å². The van der Waals surface area contributed by atoms with E-state index < -0.39 is 0 Å². The Hall–Kier alpha value is -0.870. The second kappa shape index (κ2) is 5.85. The van der Waals surface area contributed by atoms with E-state index in [9.17, 15) is 0 Å². The Balaban J connectivity index is 1.67. The molecule has 4 heteroatoms. The molecule has 0 radical (unpaired) electrons. The van der Waals surface area contributed by atoms with Crippen molar-refractivity contribution in [2.45, 2.75) is 26.2 Å². The molecule has 0 spiro atoms. The SMILES string of the molecule is CN1CCC(C)(CNCCc2nccn2C)CC1. The van der Waals surface area contributed by atoms with Crippen LogP contribution in [0.4, 0.5) is 0 Å². The van der Waals surface area contributed by atoms with Gasteiger partial charge in [0.2, 0.25) is 0 Å². The Bertz CT molecular complexity index is 364. The fourth-order valence-corrected chi connectivity index (χ4v) is 2.56. The highest BCUT2D eigenvalue weighted by Gasteiger charge is 2.28. The van der Waals surface area contributed by atoms with Crippen LogP contribution in [0.1, 0.15) is 25.6 Å². The van der Waals surface area contributed by atoms with Crippen LogP contribution in [0, 0.1) is 5.41 Å². The molecule has 1 saturated heterocycles. The third-order valence-corrected chi connectivity index (χ3v) is 4.19. The molecule has 0 atom stereocenters. The number of likely N-dealkylation sites (tertiary alicyclic amines) is 1. The van der Waals surface area contributed by atoms with Crippen LogP contribution in [-0.4, -0.2) is 47.7 Å². The summed E-state index contributed by atoms with van der Waals surface area (Å²) in [4.78, 5) is 6.77. The first-order valence-electron chi connectivity index (χ1n) is 6.95. The van der Waals surface area contributed by atoms with Crippen LogP contribution in [0.3, 0.4) is 0 Å². The third kappa shape index (κ3) is 3.56. The number of nitrogens with zero attached hydrogens (tertiary/aromatic N) is 3. The summed E-state index contributed by atoms with van der Waals surface area (Å²) in [6, 6.07) is 0. The Morgan fingerprint density at radius 2 is 2.06 bits per heavy atom. The van der Waals surface area contributed by atoms with Gasteiger partial charge in [0.15, 0.2) is 0 Å². The highest BCUT2D eigenvalue weighted by Crippen LogP contribution is 2.29. The Labute approximate surface area is 110 Å². The number of hydrogen-bond acceptors (Lipinski definition) is 3. The molecule has 0 amide bonds. The zero-order valence-corrected chi connectivity index (χ0v) is 11.9. The summed E-state index contributed by atoms with van der Waals surface area (Å²) >= 11 is 0. The van der Waals surface area contributed by atoms with E-state index in [1.165, 1.54) is 25.9 Å². The van der Waals surface area contributed by atoms with Gasteiger partial charge in [0, 0.05) is 39.0 Å². The van der Waals surface area contributed by atoms with Gasteiger partial charge in [0.05, 0.1) is 0 Å². The van der Waals surface area contributed by atoms with Crippen molar-refractivity contribution in [2.24, 2.45) is 12.5 Å². The smallest absolute Gasteiger partial charge is 0.109 e. The Kier molecular flexibility index (Phi) is 4.40. The number of piperidine rings is 1. The highest BCUT2D eigenvalue weighted by molar-refractivity contribution is 4.92. The predicted octanol–water partition coefficient (Wildman–Crippen LogP) is 1.28. The van der Waals surface area contributed by atoms with E-state index in [1.54, 1.807) is 0 Å². The quantitative estimate of drug-likeness (QED) is 0.799. The van der Waals surface area contributed by atoms with Crippen LogP contribution < -0.4 is 5.32 Å². The normalized spacial score (nSPS) is 20.2. The third-order valence-electron chi connectivity index (χ3n) is 4.19. The molecule has 0 aliphatic carbocycles. The molecular weight excluding hydrogens is 224 g/mol. The van der Waals surface area contributed by atoms with Gasteiger partial charge >= 0.3 is 0 Å². The summed E-state index contributed by atoms with van der Waals surface area (Å²) in [6.45, 7) is 7.03. The number of aryl methyl sites for hydroxylation is 1. The average molecular weight is 250 g/mol. The lowest BCUT2D eigenvalue weighted by molar-refractivity contribution is 0.137. The second-order valence-corrected chi connectivity index (χ2v) is 6.00. The largest absolute Gasteiger partial charge is 0.338 e. The van der Waals surface area contributed by atoms with Crippen molar-refractivity contribution < 1.29 is 0 Å². The summed E-state index contributed by atoms with van der Waals surface area (Å²) in [5.74, 6) is 1.16. The average Bonchev–Trinajstić information content (AvgIpc) is 2.75. The summed E-state index contributed by atoms with van der Waals surface area (Å²) in [6.07, 6.45) is 7.50. The first-order valence-corrected chi connectivity index (χ1v) is 6.95. The Morgan fingerprint density at radius 1 is 1.33 bits per heavy atom. The van der Waals surface area contributed by atoms with E-state index in [4.69, 9.17) is 0 Å². The molecule has 2 heterocycles. The van der Waals surface area contributed by atoms with Gasteiger partial charge in [-0.05, 0) is 38.4 Å². The molecule has 1 aromatic rings. The van der Waals surface area contributed by atoms with Crippen molar-refractivity contribution in [1.82, 2.24) is 19.8 Å². The van der Waals surface area contributed by atoms with Crippen LogP contribution in [-0.2, 0) is 13.5 Å². The lowest BCUT2D eigenvalue weighted by atomic mass is 9.80. The first-order chi connectivity index (χ1) is 8.59. The minimum absolute atomic E-state index is 0.480. The molecule has 0 unspecified atom stereocenters. The van der Waals surface area contributed by atoms with Crippen molar-refractivity contribution in [2.75, 3.05) is 33.2 Å². The number of hydrogen-bond donors (Lipinski definition) is 1. The lowest BCUT2D eigenvalue weighted by Gasteiger charge is -2.38. The van der Waals surface area contributed by atoms with Gasteiger partial charge in [0.1, 0.15) is 5.82 Å². The molecule has 2 rings (SSSR count). The zero-order valence-electron chi connectivity index (χ0n) is 11.9. The van der Waals surface area contributed by atoms with Crippen molar-refractivity contribution in [1.29, 1.82) is 0 Å². The van der Waals surface area contributed by atoms with Crippen LogP contribution >= 0.6 is 0 Å². The molecule has 1 N–H and O–H groups in total. The lowest BCUT2D eigenvalue weighted by Crippen LogP contribution is -2.42. The Morgan fingerprint density at radius 3 is 2.67 bits per heavy atom. The molecule has 1 aromatic heterocycles. The van der Waals surface area contributed by atoms with Crippen LogP contribution in [0.15, 0.2) is 12.4 Å². The fourth-order valence-electron chi connectivity index (χ4n) is 2.56. The van der Waals surface area contributed by atoms with Gasteiger partial charge < -0.3 is 14.8 Å². The summed E-state index contributed by atoms with van der Waals surface area (Å²) in [5.41, 5.74) is 0.480. The van der Waals surface area contributed by atoms with E-state index in [1.807, 2.05) is 12.4 Å². The van der Waals surface area contributed by atoms with E-state index >= 15 is 0 Å². The molecule has 0 bridgehead atoms. The zero-order chi connectivity index (χ0) is 13.0. The van der Waals surface area contributed by atoms with Crippen molar-refractivity contribution in [3.05, 3.63) is 18.2 Å². The van der Waals surface area contributed by atoms with E-state index in [0.29, 0.717) is 5.41 Å². The van der Waals surface area contributed by atoms with Gasteiger partial charge in [-0.15, -0.1) is 0 Å². The number of nitrogens with one attached hydrogen (secondary N) is 1. The minimum atomic E-state index is 0.480. The maximum Gasteiger partial charge on any atom is 0.109 e. The monoisotopic (exact) mass is 250 g/mol. The van der Waals surface area contributed by atoms with Gasteiger partial charge in [0.25, 0.3) is 0 Å². The standard InChI is InChI=1S/C14H26N4/c1-14(5-9-17(2)10-6-14)12-15-7-4-13-16-8-11-18(13)3/h8,11,15H,4-7,9-10,12H2,1-3H3. The van der Waals surface area contributed by atoms with Crippen LogP contribution in [0.2, 0.25) is 0 Å². The molecule has 0 aromatic carbocycles. The predicted molar refractivity (Wildman–Crippen MR) is 74.6 cm³/mol. The maximum atomic E-state index is 4.34. The van der Waals surface area contributed by atoms with E-state index in [0.717, 1.165) is 25.3 Å². The maximum absolute atomic E-state index is 4.34. The van der Waals surface area contributed by atoms with Crippen molar-refractivity contribution >= 4 is 0 Å². The number of imidazole rings is 1. The second-order valence-electron chi connectivity index (χ2n) is 6.00. The van der Waals surface area contributed by atoms with Gasteiger partial charge in [-0.25, -0.2) is 4.98 Å². The minimum Gasteiger partial charge on any atom is -0.338 e. The molecule has 18 heavy (non-hydrogen) atoms. The molecule has 0 saturated carbocycles.